The number of hydrogen-bond donors (Lipinski definition) is 1. The number of phenolic OH excluding ortho intramolecular Hbond substituents is 1. The van der Waals surface area contributed by atoms with Crippen LogP contribution in [0.15, 0.2) is 39.7 Å². The summed E-state index contributed by atoms with van der Waals surface area (Å²) in [5.41, 5.74) is 0. The van der Waals surface area contributed by atoms with Crippen LogP contribution in [0.3, 0.4) is 0 Å². The Morgan fingerprint density at radius 3 is 1.91 bits per heavy atom. The van der Waals surface area contributed by atoms with Crippen molar-refractivity contribution in [2.75, 3.05) is 0 Å². The summed E-state index contributed by atoms with van der Waals surface area (Å²) < 4.78 is 1.31. The minimum atomic E-state index is 0.322. The molecule has 1 rings (SSSR count). The summed E-state index contributed by atoms with van der Waals surface area (Å²) in [5, 5.41) is 8.63. The zero-order chi connectivity index (χ0) is 8.69. The molecule has 1 N–H and O–H groups in total. The molecule has 2 heteroatoms. The Labute approximate surface area is 85.2 Å². The van der Waals surface area contributed by atoms with Crippen molar-refractivity contribution in [3.8, 4) is 5.75 Å². The van der Waals surface area contributed by atoms with E-state index < -0.39 is 0 Å². The van der Waals surface area contributed by atoms with Crippen molar-refractivity contribution in [1.29, 1.82) is 0 Å². The molecule has 0 aliphatic rings. The fraction of sp³-hybridized carbons (Fsp3) is 0.111. The molecule has 0 amide bonds. The molecule has 1 aromatic carbocycles. The molecule has 0 unspecified atom stereocenters. The number of hydrogen-bond acceptors (Lipinski definition) is 1. The third-order valence-corrected chi connectivity index (χ3v) is 0.756. The summed E-state index contributed by atoms with van der Waals surface area (Å²) in [7, 11) is 0. The van der Waals surface area contributed by atoms with Crippen LogP contribution in [0.25, 0.3) is 0 Å². The molecule has 0 fully saturated rings. The topological polar surface area (TPSA) is 20.2 Å². The van der Waals surface area contributed by atoms with Gasteiger partial charge in [-0.15, -0.1) is 0 Å². The van der Waals surface area contributed by atoms with E-state index in [0.717, 1.165) is 27.9 Å². The van der Waals surface area contributed by atoms with Gasteiger partial charge in [0.25, 0.3) is 0 Å². The Kier molecular flexibility index (Phi) is 6.33. The van der Waals surface area contributed by atoms with Gasteiger partial charge in [-0.05, 0) is 12.1 Å². The molecule has 1 nitrogen and oxygen atoms in total. The van der Waals surface area contributed by atoms with Crippen molar-refractivity contribution in [2.24, 2.45) is 0 Å². The number of rotatable bonds is 0. The van der Waals surface area contributed by atoms with Crippen molar-refractivity contribution in [1.82, 2.24) is 0 Å². The standard InChI is InChI=1S/C6H6O.C3H5.Na/c7-6-4-2-1-3-5-6;1-3-2;/h1-5,7H;1H2,2H3;. The first-order chi connectivity index (χ1) is 5.13. The SMILES string of the molecule is C=[C](C)[Na].Oc1ccccc1. The number of phenols is 1. The van der Waals surface area contributed by atoms with E-state index in [1.165, 1.54) is 2.82 Å². The van der Waals surface area contributed by atoms with E-state index in [1.54, 1.807) is 24.3 Å². The Morgan fingerprint density at radius 1 is 1.36 bits per heavy atom. The van der Waals surface area contributed by atoms with Gasteiger partial charge in [0.15, 0.2) is 0 Å². The molecule has 0 aromatic heterocycles. The zero-order valence-corrected chi connectivity index (χ0v) is 9.04. The van der Waals surface area contributed by atoms with Crippen LogP contribution in [0, 0.1) is 0 Å². The number of aromatic hydroxyl groups is 1. The van der Waals surface area contributed by atoms with E-state index in [0.29, 0.717) is 5.75 Å². The number of para-hydroxylation sites is 1. The molecule has 54 valence electrons. The molecular formula is C9H11NaO. The molecule has 0 saturated carbocycles. The van der Waals surface area contributed by atoms with Gasteiger partial charge >= 0.3 is 44.3 Å². The van der Waals surface area contributed by atoms with E-state index in [2.05, 4.69) is 6.58 Å². The fourth-order valence-corrected chi connectivity index (χ4v) is 0.428. The van der Waals surface area contributed by atoms with Gasteiger partial charge in [-0.3, -0.25) is 0 Å². The monoisotopic (exact) mass is 158 g/mol. The molecule has 0 bridgehead atoms. The van der Waals surface area contributed by atoms with Gasteiger partial charge in [0.2, 0.25) is 0 Å². The van der Waals surface area contributed by atoms with Crippen molar-refractivity contribution in [3.05, 3.63) is 39.7 Å². The molecule has 0 heterocycles. The number of allylic oxidation sites excluding steroid dienone is 1. The third kappa shape index (κ3) is 9.76. The summed E-state index contributed by atoms with van der Waals surface area (Å²) in [4.78, 5) is 0. The second-order valence-electron chi connectivity index (χ2n) is 2.54. The van der Waals surface area contributed by atoms with Crippen LogP contribution in [0.2, 0.25) is 0 Å². The predicted molar refractivity (Wildman–Crippen MR) is 48.7 cm³/mol. The molecular weight excluding hydrogens is 147 g/mol. The number of benzene rings is 1. The van der Waals surface area contributed by atoms with Crippen LogP contribution in [-0.4, -0.2) is 33.0 Å². The molecule has 0 aliphatic heterocycles. The van der Waals surface area contributed by atoms with E-state index >= 15 is 0 Å². The zero-order valence-electron chi connectivity index (χ0n) is 7.04. The summed E-state index contributed by atoms with van der Waals surface area (Å²) in [5.74, 6) is 0.322. The summed E-state index contributed by atoms with van der Waals surface area (Å²) >= 11 is 1.15. The summed E-state index contributed by atoms with van der Waals surface area (Å²) in [6.45, 7) is 5.65. The average Bonchev–Trinajstić information content (AvgIpc) is 1.87. The Morgan fingerprint density at radius 2 is 1.73 bits per heavy atom. The second kappa shape index (κ2) is 6.47. The van der Waals surface area contributed by atoms with Crippen molar-refractivity contribution in [3.63, 3.8) is 0 Å². The first-order valence-electron chi connectivity index (χ1n) is 3.49. The molecule has 0 spiro atoms. The first-order valence-corrected chi connectivity index (χ1v) is 4.49. The molecule has 0 atom stereocenters. The molecule has 11 heavy (non-hydrogen) atoms. The molecule has 1 aromatic rings. The molecule has 0 aliphatic carbocycles. The average molecular weight is 158 g/mol. The van der Waals surface area contributed by atoms with Crippen molar-refractivity contribution in [2.45, 2.75) is 6.92 Å². The maximum Gasteiger partial charge on any atom is 0.115 e. The van der Waals surface area contributed by atoms with E-state index in [1.807, 2.05) is 13.0 Å². The summed E-state index contributed by atoms with van der Waals surface area (Å²) in [6, 6.07) is 8.71. The minimum Gasteiger partial charge on any atom is -0.508 e. The van der Waals surface area contributed by atoms with Crippen LogP contribution < -0.4 is 0 Å². The third-order valence-electron chi connectivity index (χ3n) is 0.756. The molecule has 0 radical (unpaired) electrons. The van der Waals surface area contributed by atoms with E-state index in [9.17, 15) is 0 Å². The Hall–Kier alpha value is -0.240. The van der Waals surface area contributed by atoms with Gasteiger partial charge < -0.3 is 5.11 Å². The second-order valence-corrected chi connectivity index (χ2v) is 4.25. The Bertz CT molecular complexity index is 202. The van der Waals surface area contributed by atoms with Gasteiger partial charge in [-0.1, -0.05) is 18.2 Å². The smallest absolute Gasteiger partial charge is 0.115 e. The van der Waals surface area contributed by atoms with Gasteiger partial charge in [0.1, 0.15) is 5.75 Å². The van der Waals surface area contributed by atoms with Gasteiger partial charge in [0, 0.05) is 0 Å². The van der Waals surface area contributed by atoms with E-state index in [4.69, 9.17) is 5.11 Å². The molecule has 0 saturated heterocycles. The van der Waals surface area contributed by atoms with Gasteiger partial charge in [-0.2, -0.15) is 0 Å². The van der Waals surface area contributed by atoms with Crippen molar-refractivity contribution < 1.29 is 5.11 Å². The first kappa shape index (κ1) is 10.8. The largest absolute Gasteiger partial charge is 0.508 e. The predicted octanol–water partition coefficient (Wildman–Crippen LogP) is 2.08. The summed E-state index contributed by atoms with van der Waals surface area (Å²) in [6.07, 6.45) is 0. The van der Waals surface area contributed by atoms with Crippen LogP contribution in [0.5, 0.6) is 5.75 Å². The normalized spacial score (nSPS) is 7.91. The minimum absolute atomic E-state index is 0.322. The fourth-order valence-electron chi connectivity index (χ4n) is 0.428. The quantitative estimate of drug-likeness (QED) is 0.573. The van der Waals surface area contributed by atoms with Gasteiger partial charge in [0.05, 0.1) is 0 Å². The van der Waals surface area contributed by atoms with Crippen molar-refractivity contribution >= 4 is 27.9 Å². The van der Waals surface area contributed by atoms with Crippen LogP contribution in [0.4, 0.5) is 0 Å². The maximum absolute atomic E-state index is 8.63. The van der Waals surface area contributed by atoms with Gasteiger partial charge in [-0.25, -0.2) is 0 Å². The van der Waals surface area contributed by atoms with E-state index in [-0.39, 0.29) is 0 Å². The van der Waals surface area contributed by atoms with Crippen LogP contribution in [-0.2, 0) is 0 Å². The van der Waals surface area contributed by atoms with Crippen LogP contribution in [0.1, 0.15) is 6.92 Å². The Balaban J connectivity index is 0.000000218. The van der Waals surface area contributed by atoms with Crippen LogP contribution >= 0.6 is 0 Å². The maximum atomic E-state index is 8.63.